The highest BCUT2D eigenvalue weighted by atomic mass is 16.6. The topological polar surface area (TPSA) is 47.4 Å². The average Bonchev–Trinajstić information content (AvgIpc) is 3.08. The van der Waals surface area contributed by atoms with Crippen LogP contribution in [0.4, 0.5) is 4.79 Å². The molecule has 2 heterocycles. The minimum atomic E-state index is -0.433. The van der Waals surface area contributed by atoms with E-state index in [4.69, 9.17) is 4.74 Å². The molecule has 1 saturated heterocycles. The van der Waals surface area contributed by atoms with E-state index in [1.165, 1.54) is 5.56 Å². The van der Waals surface area contributed by atoms with Crippen molar-refractivity contribution < 1.29 is 9.53 Å². The highest BCUT2D eigenvalue weighted by Gasteiger charge is 2.27. The van der Waals surface area contributed by atoms with Crippen LogP contribution < -0.4 is 0 Å². The molecule has 5 nitrogen and oxygen atoms in total. The number of carbonyl (C=O) groups is 1. The highest BCUT2D eigenvalue weighted by Crippen LogP contribution is 2.29. The normalized spacial score (nSPS) is 16.2. The number of benzene rings is 1. The van der Waals surface area contributed by atoms with Crippen LogP contribution in [-0.2, 0) is 4.74 Å². The van der Waals surface area contributed by atoms with Crippen molar-refractivity contribution in [2.45, 2.75) is 45.1 Å². The molecular formula is C19H25N3O2. The number of rotatable bonds is 2. The van der Waals surface area contributed by atoms with Gasteiger partial charge in [-0.2, -0.15) is 0 Å². The molecule has 0 spiro atoms. The van der Waals surface area contributed by atoms with E-state index in [0.29, 0.717) is 5.92 Å². The second-order valence-corrected chi connectivity index (χ2v) is 7.30. The number of nitrogens with zero attached hydrogens (tertiary/aromatic N) is 3. The van der Waals surface area contributed by atoms with Gasteiger partial charge in [0.2, 0.25) is 0 Å². The number of carbonyl (C=O) groups excluding carboxylic acids is 1. The molecule has 3 rings (SSSR count). The quantitative estimate of drug-likeness (QED) is 0.838. The van der Waals surface area contributed by atoms with E-state index in [0.717, 1.165) is 31.6 Å². The first-order valence-corrected chi connectivity index (χ1v) is 8.48. The predicted molar refractivity (Wildman–Crippen MR) is 93.3 cm³/mol. The largest absolute Gasteiger partial charge is 0.444 e. The minimum absolute atomic E-state index is 0.198. The fourth-order valence-electron chi connectivity index (χ4n) is 3.05. The van der Waals surface area contributed by atoms with Gasteiger partial charge >= 0.3 is 6.09 Å². The molecule has 0 N–H and O–H groups in total. The molecule has 128 valence electrons. The van der Waals surface area contributed by atoms with Gasteiger partial charge in [0.1, 0.15) is 5.60 Å². The summed E-state index contributed by atoms with van der Waals surface area (Å²) in [5.74, 6) is 0.500. The number of amides is 1. The SMILES string of the molecule is CC(C)(C)OC(=O)N1CCC(c2ccc(-n3ccnc3)cc2)CC1. The zero-order valence-corrected chi connectivity index (χ0v) is 14.6. The van der Waals surface area contributed by atoms with Gasteiger partial charge in [0.05, 0.1) is 6.33 Å². The number of piperidine rings is 1. The lowest BCUT2D eigenvalue weighted by molar-refractivity contribution is 0.0205. The smallest absolute Gasteiger partial charge is 0.410 e. The summed E-state index contributed by atoms with van der Waals surface area (Å²) >= 11 is 0. The maximum Gasteiger partial charge on any atom is 0.410 e. The Morgan fingerprint density at radius 1 is 1.17 bits per heavy atom. The summed E-state index contributed by atoms with van der Waals surface area (Å²) in [6, 6.07) is 8.61. The molecule has 0 saturated carbocycles. The summed E-state index contributed by atoms with van der Waals surface area (Å²) in [7, 11) is 0. The Hall–Kier alpha value is -2.30. The first-order valence-electron chi connectivity index (χ1n) is 8.48. The van der Waals surface area contributed by atoms with Crippen LogP contribution in [0.25, 0.3) is 5.69 Å². The van der Waals surface area contributed by atoms with Crippen LogP contribution >= 0.6 is 0 Å². The van der Waals surface area contributed by atoms with Gasteiger partial charge < -0.3 is 14.2 Å². The molecule has 2 aromatic rings. The van der Waals surface area contributed by atoms with E-state index in [2.05, 4.69) is 29.2 Å². The van der Waals surface area contributed by atoms with Crippen LogP contribution in [0.3, 0.4) is 0 Å². The summed E-state index contributed by atoms with van der Waals surface area (Å²) in [5.41, 5.74) is 2.02. The van der Waals surface area contributed by atoms with E-state index in [1.807, 2.05) is 36.4 Å². The molecule has 1 aliphatic rings. The maximum absolute atomic E-state index is 12.1. The fraction of sp³-hybridized carbons (Fsp3) is 0.474. The lowest BCUT2D eigenvalue weighted by Gasteiger charge is -2.33. The minimum Gasteiger partial charge on any atom is -0.444 e. The van der Waals surface area contributed by atoms with Crippen molar-refractivity contribution >= 4 is 6.09 Å². The number of hydrogen-bond donors (Lipinski definition) is 0. The van der Waals surface area contributed by atoms with Crippen LogP contribution in [-0.4, -0.2) is 39.2 Å². The van der Waals surface area contributed by atoms with Gasteiger partial charge in [0.15, 0.2) is 0 Å². The van der Waals surface area contributed by atoms with Crippen molar-refractivity contribution in [3.63, 3.8) is 0 Å². The Balaban J connectivity index is 1.58. The van der Waals surface area contributed by atoms with Crippen LogP contribution in [0.1, 0.15) is 45.1 Å². The first-order chi connectivity index (χ1) is 11.4. The van der Waals surface area contributed by atoms with Crippen LogP contribution in [0, 0.1) is 0 Å². The maximum atomic E-state index is 12.1. The molecule has 24 heavy (non-hydrogen) atoms. The van der Waals surface area contributed by atoms with E-state index in [1.54, 1.807) is 12.5 Å². The van der Waals surface area contributed by atoms with Crippen molar-refractivity contribution in [1.82, 2.24) is 14.5 Å². The lowest BCUT2D eigenvalue weighted by atomic mass is 9.89. The van der Waals surface area contributed by atoms with Crippen molar-refractivity contribution in [1.29, 1.82) is 0 Å². The molecule has 1 aromatic carbocycles. The average molecular weight is 327 g/mol. The molecule has 1 aliphatic heterocycles. The Morgan fingerprint density at radius 3 is 2.38 bits per heavy atom. The zero-order valence-electron chi connectivity index (χ0n) is 14.6. The zero-order chi connectivity index (χ0) is 17.2. The lowest BCUT2D eigenvalue weighted by Crippen LogP contribution is -2.41. The third kappa shape index (κ3) is 3.96. The number of likely N-dealkylation sites (tertiary alicyclic amines) is 1. The third-order valence-electron chi connectivity index (χ3n) is 4.31. The molecule has 0 aliphatic carbocycles. The Bertz CT molecular complexity index is 664. The monoisotopic (exact) mass is 327 g/mol. The van der Waals surface area contributed by atoms with Crippen molar-refractivity contribution in [2.24, 2.45) is 0 Å². The predicted octanol–water partition coefficient (Wildman–Crippen LogP) is 3.99. The van der Waals surface area contributed by atoms with Gasteiger partial charge in [0.25, 0.3) is 0 Å². The molecule has 0 unspecified atom stereocenters. The molecule has 5 heteroatoms. The van der Waals surface area contributed by atoms with E-state index in [-0.39, 0.29) is 6.09 Å². The van der Waals surface area contributed by atoms with E-state index in [9.17, 15) is 4.79 Å². The number of hydrogen-bond acceptors (Lipinski definition) is 3. The summed E-state index contributed by atoms with van der Waals surface area (Å²) < 4.78 is 7.45. The standard InChI is InChI=1S/C19H25N3O2/c1-19(2,3)24-18(23)21-11-8-16(9-12-21)15-4-6-17(7-5-15)22-13-10-20-14-22/h4-7,10,13-14,16H,8-9,11-12H2,1-3H3. The number of aromatic nitrogens is 2. The molecule has 1 amide bonds. The fourth-order valence-corrected chi connectivity index (χ4v) is 3.05. The second-order valence-electron chi connectivity index (χ2n) is 7.30. The van der Waals surface area contributed by atoms with Gasteiger partial charge in [-0.15, -0.1) is 0 Å². The van der Waals surface area contributed by atoms with Crippen molar-refractivity contribution in [3.05, 3.63) is 48.5 Å². The van der Waals surface area contributed by atoms with Gasteiger partial charge in [-0.1, -0.05) is 12.1 Å². The summed E-state index contributed by atoms with van der Waals surface area (Å²) in [6.07, 6.45) is 7.27. The second kappa shape index (κ2) is 6.67. The van der Waals surface area contributed by atoms with Crippen LogP contribution in [0.2, 0.25) is 0 Å². The summed E-state index contributed by atoms with van der Waals surface area (Å²) in [6.45, 7) is 7.21. The van der Waals surface area contributed by atoms with Gasteiger partial charge in [-0.05, 0) is 57.2 Å². The van der Waals surface area contributed by atoms with Gasteiger partial charge in [0, 0.05) is 31.2 Å². The molecule has 0 bridgehead atoms. The molecule has 1 aromatic heterocycles. The van der Waals surface area contributed by atoms with Gasteiger partial charge in [-0.3, -0.25) is 0 Å². The molecule has 0 radical (unpaired) electrons. The van der Waals surface area contributed by atoms with Crippen molar-refractivity contribution in [2.75, 3.05) is 13.1 Å². The van der Waals surface area contributed by atoms with Crippen LogP contribution in [0.5, 0.6) is 0 Å². The van der Waals surface area contributed by atoms with E-state index < -0.39 is 5.60 Å². The Labute approximate surface area is 143 Å². The Kier molecular flexibility index (Phi) is 4.60. The molecule has 0 atom stereocenters. The first kappa shape index (κ1) is 16.6. The van der Waals surface area contributed by atoms with E-state index >= 15 is 0 Å². The molecule has 1 fully saturated rings. The van der Waals surface area contributed by atoms with Crippen molar-refractivity contribution in [3.8, 4) is 5.69 Å². The molecular weight excluding hydrogens is 302 g/mol. The summed E-state index contributed by atoms with van der Waals surface area (Å²) in [4.78, 5) is 18.0. The highest BCUT2D eigenvalue weighted by molar-refractivity contribution is 5.68. The number of ether oxygens (including phenoxy) is 1. The summed E-state index contributed by atoms with van der Waals surface area (Å²) in [5, 5.41) is 0. The van der Waals surface area contributed by atoms with Crippen LogP contribution in [0.15, 0.2) is 43.0 Å². The van der Waals surface area contributed by atoms with Gasteiger partial charge in [-0.25, -0.2) is 9.78 Å². The third-order valence-corrected chi connectivity index (χ3v) is 4.31. The number of imidazole rings is 1. The Morgan fingerprint density at radius 2 is 1.83 bits per heavy atom.